The second-order valence-electron chi connectivity index (χ2n) is 5.91. The quantitative estimate of drug-likeness (QED) is 0.891. The molecule has 2 aromatic heterocycles. The summed E-state index contributed by atoms with van der Waals surface area (Å²) in [5, 5.41) is 3.03. The summed E-state index contributed by atoms with van der Waals surface area (Å²) >= 11 is 0. The summed E-state index contributed by atoms with van der Waals surface area (Å²) in [6.07, 6.45) is 9.28. The minimum atomic E-state index is 0.0270. The Morgan fingerprint density at radius 2 is 2.13 bits per heavy atom. The lowest BCUT2D eigenvalue weighted by atomic mass is 9.98. The first kappa shape index (κ1) is 15.5. The van der Waals surface area contributed by atoms with E-state index in [1.54, 1.807) is 18.6 Å². The van der Waals surface area contributed by atoms with Gasteiger partial charge in [-0.05, 0) is 31.7 Å². The highest BCUT2D eigenvalue weighted by Crippen LogP contribution is 2.19. The van der Waals surface area contributed by atoms with Gasteiger partial charge in [0.25, 0.3) is 0 Å². The Morgan fingerprint density at radius 3 is 2.87 bits per heavy atom. The van der Waals surface area contributed by atoms with Crippen LogP contribution in [0, 0.1) is 12.8 Å². The summed E-state index contributed by atoms with van der Waals surface area (Å²) < 4.78 is 1.85. The minimum Gasteiger partial charge on any atom is -0.354 e. The van der Waals surface area contributed by atoms with Crippen LogP contribution in [0.2, 0.25) is 0 Å². The number of carbonyl (C=O) groups excluding carboxylic acids is 1. The maximum absolute atomic E-state index is 12.1. The number of hydrogen-bond donors (Lipinski definition) is 1. The lowest BCUT2D eigenvalue weighted by Crippen LogP contribution is -2.42. The van der Waals surface area contributed by atoms with Gasteiger partial charge in [-0.15, -0.1) is 0 Å². The Kier molecular flexibility index (Phi) is 4.85. The molecule has 0 radical (unpaired) electrons. The molecule has 1 aliphatic heterocycles. The third kappa shape index (κ3) is 4.06. The number of anilines is 1. The van der Waals surface area contributed by atoms with E-state index in [0.29, 0.717) is 19.0 Å². The van der Waals surface area contributed by atoms with Crippen molar-refractivity contribution in [1.29, 1.82) is 0 Å². The first-order valence-electron chi connectivity index (χ1n) is 7.99. The van der Waals surface area contributed by atoms with E-state index < -0.39 is 0 Å². The molecule has 7 nitrogen and oxygen atoms in total. The van der Waals surface area contributed by atoms with Gasteiger partial charge in [-0.1, -0.05) is 0 Å². The van der Waals surface area contributed by atoms with Crippen molar-refractivity contribution in [1.82, 2.24) is 24.8 Å². The van der Waals surface area contributed by atoms with Crippen molar-refractivity contribution < 1.29 is 4.79 Å². The summed E-state index contributed by atoms with van der Waals surface area (Å²) in [5.41, 5.74) is 0. The topological polar surface area (TPSA) is 75.9 Å². The summed E-state index contributed by atoms with van der Waals surface area (Å²) in [6.45, 7) is 4.77. The summed E-state index contributed by atoms with van der Waals surface area (Å²) in [6, 6.07) is 1.82. The Bertz CT molecular complexity index is 641. The number of hydrogen-bond acceptors (Lipinski definition) is 5. The molecule has 0 aliphatic carbocycles. The smallest absolute Gasteiger partial charge is 0.239 e. The fraction of sp³-hybridized carbons (Fsp3) is 0.500. The maximum atomic E-state index is 12.1. The van der Waals surface area contributed by atoms with Gasteiger partial charge in [0, 0.05) is 44.4 Å². The van der Waals surface area contributed by atoms with Crippen LogP contribution in [0.5, 0.6) is 0 Å². The molecule has 0 unspecified atom stereocenters. The monoisotopic (exact) mass is 314 g/mol. The molecule has 0 bridgehead atoms. The van der Waals surface area contributed by atoms with Crippen molar-refractivity contribution in [2.75, 3.05) is 24.5 Å². The number of nitrogens with zero attached hydrogens (tertiary/aromatic N) is 5. The Hall–Kier alpha value is -2.44. The molecule has 2 aromatic rings. The second kappa shape index (κ2) is 7.21. The zero-order valence-corrected chi connectivity index (χ0v) is 13.4. The van der Waals surface area contributed by atoms with Crippen LogP contribution in [-0.2, 0) is 11.3 Å². The molecule has 1 fully saturated rings. The number of amides is 1. The van der Waals surface area contributed by atoms with Gasteiger partial charge in [0.05, 0.1) is 0 Å². The zero-order chi connectivity index (χ0) is 16.1. The van der Waals surface area contributed by atoms with Gasteiger partial charge in [0.15, 0.2) is 0 Å². The van der Waals surface area contributed by atoms with Crippen molar-refractivity contribution in [3.63, 3.8) is 0 Å². The molecule has 3 rings (SSSR count). The van der Waals surface area contributed by atoms with Crippen LogP contribution in [0.4, 0.5) is 5.95 Å². The molecule has 1 aliphatic rings. The molecule has 1 N–H and O–H groups in total. The number of aromatic nitrogens is 4. The number of rotatable bonds is 5. The van der Waals surface area contributed by atoms with E-state index in [0.717, 1.165) is 37.7 Å². The van der Waals surface area contributed by atoms with Gasteiger partial charge < -0.3 is 14.8 Å². The predicted octanol–water partition coefficient (Wildman–Crippen LogP) is 1.01. The van der Waals surface area contributed by atoms with Gasteiger partial charge in [-0.3, -0.25) is 4.79 Å². The average molecular weight is 314 g/mol. The number of aryl methyl sites for hydroxylation is 1. The van der Waals surface area contributed by atoms with E-state index in [1.807, 2.05) is 23.8 Å². The van der Waals surface area contributed by atoms with E-state index in [1.165, 1.54) is 0 Å². The Balaban J connectivity index is 1.48. The standard InChI is InChI=1S/C16H22N6O/c1-13-17-7-9-21(13)12-15(23)20-10-14-4-2-8-22(11-14)16-18-5-3-6-19-16/h3,5-7,9,14H,2,4,8,10-12H2,1H3,(H,20,23)/t14-/m1/s1. The fourth-order valence-electron chi connectivity index (χ4n) is 2.91. The van der Waals surface area contributed by atoms with Crippen molar-refractivity contribution in [2.45, 2.75) is 26.3 Å². The molecule has 3 heterocycles. The molecule has 1 saturated heterocycles. The number of carbonyl (C=O) groups is 1. The van der Waals surface area contributed by atoms with Crippen molar-refractivity contribution in [2.24, 2.45) is 5.92 Å². The first-order chi connectivity index (χ1) is 11.2. The van der Waals surface area contributed by atoms with Gasteiger partial charge in [0.2, 0.25) is 11.9 Å². The highest BCUT2D eigenvalue weighted by molar-refractivity contribution is 5.75. The molecule has 7 heteroatoms. The number of piperidine rings is 1. The van der Waals surface area contributed by atoms with Crippen molar-refractivity contribution >= 4 is 11.9 Å². The summed E-state index contributed by atoms with van der Waals surface area (Å²) in [7, 11) is 0. The van der Waals surface area contributed by atoms with E-state index >= 15 is 0 Å². The minimum absolute atomic E-state index is 0.0270. The molecule has 23 heavy (non-hydrogen) atoms. The predicted molar refractivity (Wildman–Crippen MR) is 86.9 cm³/mol. The highest BCUT2D eigenvalue weighted by atomic mass is 16.1. The summed E-state index contributed by atoms with van der Waals surface area (Å²) in [4.78, 5) is 27.0. The summed E-state index contributed by atoms with van der Waals surface area (Å²) in [5.74, 6) is 2.09. The van der Waals surface area contributed by atoms with Crippen molar-refractivity contribution in [3.05, 3.63) is 36.7 Å². The maximum Gasteiger partial charge on any atom is 0.239 e. The average Bonchev–Trinajstić information content (AvgIpc) is 2.99. The van der Waals surface area contributed by atoms with E-state index in [4.69, 9.17) is 0 Å². The SMILES string of the molecule is Cc1nccn1CC(=O)NC[C@H]1CCCN(c2ncccn2)C1. The van der Waals surface area contributed by atoms with Crippen LogP contribution in [0.15, 0.2) is 30.9 Å². The van der Waals surface area contributed by atoms with Crippen LogP contribution >= 0.6 is 0 Å². The van der Waals surface area contributed by atoms with Crippen LogP contribution in [0.1, 0.15) is 18.7 Å². The van der Waals surface area contributed by atoms with Gasteiger partial charge in [0.1, 0.15) is 12.4 Å². The molecule has 0 saturated carbocycles. The third-order valence-electron chi connectivity index (χ3n) is 4.18. The van der Waals surface area contributed by atoms with Gasteiger partial charge >= 0.3 is 0 Å². The number of nitrogens with one attached hydrogen (secondary N) is 1. The lowest BCUT2D eigenvalue weighted by Gasteiger charge is -2.32. The third-order valence-corrected chi connectivity index (χ3v) is 4.18. The Morgan fingerprint density at radius 1 is 1.30 bits per heavy atom. The first-order valence-corrected chi connectivity index (χ1v) is 7.99. The fourth-order valence-corrected chi connectivity index (χ4v) is 2.91. The van der Waals surface area contributed by atoms with E-state index in [2.05, 4.69) is 25.2 Å². The largest absolute Gasteiger partial charge is 0.354 e. The van der Waals surface area contributed by atoms with Crippen LogP contribution in [-0.4, -0.2) is 45.1 Å². The van der Waals surface area contributed by atoms with Crippen LogP contribution in [0.3, 0.4) is 0 Å². The lowest BCUT2D eigenvalue weighted by molar-refractivity contribution is -0.121. The molecule has 0 aromatic carbocycles. The van der Waals surface area contributed by atoms with E-state index in [-0.39, 0.29) is 5.91 Å². The molecule has 122 valence electrons. The van der Waals surface area contributed by atoms with Crippen molar-refractivity contribution in [3.8, 4) is 0 Å². The molecule has 0 spiro atoms. The normalized spacial score (nSPS) is 18.0. The van der Waals surface area contributed by atoms with Crippen LogP contribution in [0.25, 0.3) is 0 Å². The molecule has 1 amide bonds. The molecule has 1 atom stereocenters. The second-order valence-corrected chi connectivity index (χ2v) is 5.91. The molecular formula is C16H22N6O. The highest BCUT2D eigenvalue weighted by Gasteiger charge is 2.22. The van der Waals surface area contributed by atoms with Crippen LogP contribution < -0.4 is 10.2 Å². The number of imidazole rings is 1. The Labute approximate surface area is 135 Å². The molecular weight excluding hydrogens is 292 g/mol. The van der Waals surface area contributed by atoms with Gasteiger partial charge in [-0.25, -0.2) is 15.0 Å². The van der Waals surface area contributed by atoms with E-state index in [9.17, 15) is 4.79 Å². The zero-order valence-electron chi connectivity index (χ0n) is 13.4. The van der Waals surface area contributed by atoms with Gasteiger partial charge in [-0.2, -0.15) is 0 Å².